The third-order valence-corrected chi connectivity index (χ3v) is 2.62. The molecular weight excluding hydrogens is 221 g/mol. The van der Waals surface area contributed by atoms with E-state index in [-0.39, 0.29) is 5.41 Å². The monoisotopic (exact) mass is 239 g/mol. The molecule has 0 spiro atoms. The van der Waals surface area contributed by atoms with E-state index in [1.165, 1.54) is 5.54 Å². The van der Waals surface area contributed by atoms with Crippen LogP contribution >= 0.6 is 23.2 Å². The lowest BCUT2D eigenvalue weighted by atomic mass is 9.90. The second kappa shape index (κ2) is 7.52. The van der Waals surface area contributed by atoms with Gasteiger partial charge in [0.1, 0.15) is 0 Å². The van der Waals surface area contributed by atoms with Crippen LogP contribution in [0, 0.1) is 5.41 Å². The summed E-state index contributed by atoms with van der Waals surface area (Å²) in [5.74, 6) is 0. The zero-order valence-electron chi connectivity index (χ0n) is 9.07. The summed E-state index contributed by atoms with van der Waals surface area (Å²) in [6, 6.07) is 0. The Hall–Kier alpha value is 0.240. The van der Waals surface area contributed by atoms with Crippen molar-refractivity contribution >= 4 is 23.2 Å². The van der Waals surface area contributed by atoms with E-state index in [1.54, 1.807) is 7.11 Å². The predicted molar refractivity (Wildman–Crippen MR) is 62.9 cm³/mol. The van der Waals surface area contributed by atoms with Crippen molar-refractivity contribution in [2.45, 2.75) is 20.3 Å². The van der Waals surface area contributed by atoms with Crippen molar-refractivity contribution in [1.82, 2.24) is 5.32 Å². The number of rotatable bonds is 7. The normalized spacial score (nSPS) is 13.4. The molecule has 0 bridgehead atoms. The first kappa shape index (κ1) is 14.2. The molecule has 2 nitrogen and oxygen atoms in total. The van der Waals surface area contributed by atoms with Gasteiger partial charge in [0.15, 0.2) is 0 Å². The van der Waals surface area contributed by atoms with E-state index in [9.17, 15) is 0 Å². The fourth-order valence-corrected chi connectivity index (χ4v) is 1.20. The molecule has 0 radical (unpaired) electrons. The summed E-state index contributed by atoms with van der Waals surface area (Å²) in [5, 5.41) is 3.88. The molecule has 0 amide bonds. The molecule has 0 rings (SSSR count). The van der Waals surface area contributed by atoms with Crippen LogP contribution in [0.1, 0.15) is 20.3 Å². The molecule has 0 aliphatic carbocycles. The minimum absolute atomic E-state index is 0.222. The maximum absolute atomic E-state index is 5.74. The molecule has 0 heterocycles. The molecule has 0 atom stereocenters. The predicted octanol–water partition coefficient (Wildman–Crippen LogP) is 2.96. The van der Waals surface area contributed by atoms with Crippen molar-refractivity contribution in [3.8, 4) is 0 Å². The van der Waals surface area contributed by atoms with Gasteiger partial charge in [-0.1, -0.05) is 37.0 Å². The highest BCUT2D eigenvalue weighted by Gasteiger charge is 2.16. The van der Waals surface area contributed by atoms with Gasteiger partial charge in [0, 0.05) is 37.4 Å². The van der Waals surface area contributed by atoms with E-state index in [2.05, 4.69) is 19.2 Å². The number of ether oxygens (including phenoxy) is 1. The Balaban J connectivity index is 3.64. The molecule has 84 valence electrons. The van der Waals surface area contributed by atoms with Gasteiger partial charge in [0.25, 0.3) is 0 Å². The average Bonchev–Trinajstić information content (AvgIpc) is 2.14. The SMILES string of the molecule is COCCC(C)(C)CNCC(Cl)=CCl. The highest BCUT2D eigenvalue weighted by atomic mass is 35.5. The fraction of sp³-hybridized carbons (Fsp3) is 0.800. The molecule has 0 aromatic carbocycles. The highest BCUT2D eigenvalue weighted by Crippen LogP contribution is 2.18. The van der Waals surface area contributed by atoms with Crippen LogP contribution in [0.3, 0.4) is 0 Å². The first-order valence-electron chi connectivity index (χ1n) is 4.66. The number of hydrogen-bond donors (Lipinski definition) is 1. The second-order valence-electron chi connectivity index (χ2n) is 4.07. The number of halogens is 2. The smallest absolute Gasteiger partial charge is 0.0467 e. The van der Waals surface area contributed by atoms with Gasteiger partial charge in [-0.2, -0.15) is 0 Å². The standard InChI is InChI=1S/C10H19Cl2NO/c1-10(2,4-5-14-3)8-13-7-9(12)6-11/h6,13H,4-5,7-8H2,1-3H3. The molecule has 0 unspecified atom stereocenters. The summed E-state index contributed by atoms with van der Waals surface area (Å²) in [6.45, 7) is 6.70. The zero-order valence-corrected chi connectivity index (χ0v) is 10.6. The van der Waals surface area contributed by atoms with E-state index < -0.39 is 0 Å². The molecule has 4 heteroatoms. The minimum Gasteiger partial charge on any atom is -0.385 e. The highest BCUT2D eigenvalue weighted by molar-refractivity contribution is 6.36. The van der Waals surface area contributed by atoms with E-state index in [0.717, 1.165) is 19.6 Å². The van der Waals surface area contributed by atoms with E-state index in [0.29, 0.717) is 11.6 Å². The third kappa shape index (κ3) is 7.63. The molecule has 0 saturated heterocycles. The van der Waals surface area contributed by atoms with E-state index >= 15 is 0 Å². The van der Waals surface area contributed by atoms with Crippen molar-refractivity contribution < 1.29 is 4.74 Å². The Labute approximate surface area is 96.6 Å². The molecule has 0 aliphatic heterocycles. The quantitative estimate of drug-likeness (QED) is 0.738. The van der Waals surface area contributed by atoms with Crippen LogP contribution < -0.4 is 5.32 Å². The molecule has 14 heavy (non-hydrogen) atoms. The van der Waals surface area contributed by atoms with Gasteiger partial charge in [-0.3, -0.25) is 0 Å². The topological polar surface area (TPSA) is 21.3 Å². The van der Waals surface area contributed by atoms with E-state index in [4.69, 9.17) is 27.9 Å². The van der Waals surface area contributed by atoms with Crippen molar-refractivity contribution in [3.05, 3.63) is 10.6 Å². The molecule has 1 N–H and O–H groups in total. The van der Waals surface area contributed by atoms with Crippen molar-refractivity contribution in [2.24, 2.45) is 5.41 Å². The van der Waals surface area contributed by atoms with Gasteiger partial charge in [-0.05, 0) is 11.8 Å². The molecule has 0 aromatic rings. The van der Waals surface area contributed by atoms with Crippen LogP contribution in [0.15, 0.2) is 10.6 Å². The molecule has 0 saturated carbocycles. The second-order valence-corrected chi connectivity index (χ2v) is 4.77. The maximum atomic E-state index is 5.74. The summed E-state index contributed by atoms with van der Waals surface area (Å²) >= 11 is 11.2. The van der Waals surface area contributed by atoms with E-state index in [1.807, 2.05) is 0 Å². The Morgan fingerprint density at radius 1 is 1.50 bits per heavy atom. The Morgan fingerprint density at radius 2 is 2.14 bits per heavy atom. The molecular formula is C10H19Cl2NO. The minimum atomic E-state index is 0.222. The van der Waals surface area contributed by atoms with Crippen molar-refractivity contribution in [2.75, 3.05) is 26.8 Å². The van der Waals surface area contributed by atoms with Crippen molar-refractivity contribution in [3.63, 3.8) is 0 Å². The lowest BCUT2D eigenvalue weighted by molar-refractivity contribution is 0.151. The van der Waals surface area contributed by atoms with Crippen LogP contribution in [0.2, 0.25) is 0 Å². The van der Waals surface area contributed by atoms with Crippen LogP contribution in [0.25, 0.3) is 0 Å². The summed E-state index contributed by atoms with van der Waals surface area (Å²) in [7, 11) is 1.72. The summed E-state index contributed by atoms with van der Waals surface area (Å²) in [5.41, 5.74) is 1.61. The van der Waals surface area contributed by atoms with Crippen molar-refractivity contribution in [1.29, 1.82) is 0 Å². The van der Waals surface area contributed by atoms with Crippen LogP contribution in [-0.4, -0.2) is 26.8 Å². The first-order valence-corrected chi connectivity index (χ1v) is 5.47. The maximum Gasteiger partial charge on any atom is 0.0467 e. The Kier molecular flexibility index (Phi) is 7.65. The van der Waals surface area contributed by atoms with Gasteiger partial charge in [-0.15, -0.1) is 0 Å². The number of methoxy groups -OCH3 is 1. The third-order valence-electron chi connectivity index (χ3n) is 2.00. The first-order chi connectivity index (χ1) is 6.52. The Morgan fingerprint density at radius 3 is 2.64 bits per heavy atom. The fourth-order valence-electron chi connectivity index (χ4n) is 1.03. The van der Waals surface area contributed by atoms with Gasteiger partial charge < -0.3 is 10.1 Å². The molecule has 0 fully saturated rings. The average molecular weight is 240 g/mol. The van der Waals surface area contributed by atoms with Crippen LogP contribution in [-0.2, 0) is 4.74 Å². The zero-order chi connectivity index (χ0) is 11.0. The molecule has 0 aromatic heterocycles. The van der Waals surface area contributed by atoms with Gasteiger partial charge in [0.2, 0.25) is 0 Å². The van der Waals surface area contributed by atoms with Gasteiger partial charge in [0.05, 0.1) is 0 Å². The summed E-state index contributed by atoms with van der Waals surface area (Å²) in [6.07, 6.45) is 1.03. The Bertz CT molecular complexity index is 181. The van der Waals surface area contributed by atoms with Crippen LogP contribution in [0.4, 0.5) is 0 Å². The lowest BCUT2D eigenvalue weighted by Crippen LogP contribution is -2.31. The van der Waals surface area contributed by atoms with Gasteiger partial charge in [-0.25, -0.2) is 0 Å². The lowest BCUT2D eigenvalue weighted by Gasteiger charge is -2.24. The number of nitrogens with one attached hydrogen (secondary N) is 1. The number of hydrogen-bond acceptors (Lipinski definition) is 2. The van der Waals surface area contributed by atoms with Crippen LogP contribution in [0.5, 0.6) is 0 Å². The summed E-state index contributed by atoms with van der Waals surface area (Å²) < 4.78 is 5.04. The van der Waals surface area contributed by atoms with Gasteiger partial charge >= 0.3 is 0 Å². The summed E-state index contributed by atoms with van der Waals surface area (Å²) in [4.78, 5) is 0. The largest absolute Gasteiger partial charge is 0.385 e. The molecule has 0 aliphatic rings.